The van der Waals surface area contributed by atoms with Gasteiger partial charge in [-0.05, 0) is 37.8 Å². The Morgan fingerprint density at radius 2 is 1.83 bits per heavy atom. The van der Waals surface area contributed by atoms with Crippen molar-refractivity contribution in [3.8, 4) is 0 Å². The molecular formula is C15H21NO2. The summed E-state index contributed by atoms with van der Waals surface area (Å²) in [7, 11) is 0. The van der Waals surface area contributed by atoms with Crippen molar-refractivity contribution in [2.75, 3.05) is 0 Å². The van der Waals surface area contributed by atoms with E-state index >= 15 is 0 Å². The van der Waals surface area contributed by atoms with E-state index in [9.17, 15) is 9.90 Å². The normalized spacial score (nSPS) is 23.7. The van der Waals surface area contributed by atoms with E-state index in [1.54, 1.807) is 0 Å². The van der Waals surface area contributed by atoms with Crippen LogP contribution >= 0.6 is 0 Å². The lowest BCUT2D eigenvalue weighted by Crippen LogP contribution is -2.45. The maximum atomic E-state index is 12.3. The monoisotopic (exact) mass is 247 g/mol. The molecule has 1 aromatic carbocycles. The van der Waals surface area contributed by atoms with E-state index in [1.807, 2.05) is 32.0 Å². The van der Waals surface area contributed by atoms with Crippen molar-refractivity contribution < 1.29 is 9.90 Å². The average Bonchev–Trinajstić information content (AvgIpc) is 2.32. The Morgan fingerprint density at radius 3 is 2.44 bits per heavy atom. The second kappa shape index (κ2) is 5.53. The van der Waals surface area contributed by atoms with Gasteiger partial charge in [-0.3, -0.25) is 4.79 Å². The predicted octanol–water partition coefficient (Wildman–Crippen LogP) is 2.34. The summed E-state index contributed by atoms with van der Waals surface area (Å²) in [5.74, 6) is -0.0588. The minimum atomic E-state index is -0.396. The summed E-state index contributed by atoms with van der Waals surface area (Å²) in [4.78, 5) is 12.3. The van der Waals surface area contributed by atoms with Gasteiger partial charge in [0.25, 0.3) is 5.91 Å². The van der Waals surface area contributed by atoms with Gasteiger partial charge in [-0.25, -0.2) is 0 Å². The lowest BCUT2D eigenvalue weighted by Gasteiger charge is -2.28. The van der Waals surface area contributed by atoms with Crippen molar-refractivity contribution in [1.82, 2.24) is 5.32 Å². The quantitative estimate of drug-likeness (QED) is 0.842. The van der Waals surface area contributed by atoms with Crippen LogP contribution in [0, 0.1) is 13.8 Å². The van der Waals surface area contributed by atoms with E-state index in [0.717, 1.165) is 42.4 Å². The van der Waals surface area contributed by atoms with Gasteiger partial charge in [-0.15, -0.1) is 0 Å². The first-order valence-electron chi connectivity index (χ1n) is 6.64. The van der Waals surface area contributed by atoms with Gasteiger partial charge in [-0.2, -0.15) is 0 Å². The number of rotatable bonds is 2. The maximum Gasteiger partial charge on any atom is 0.252 e. The van der Waals surface area contributed by atoms with Crippen LogP contribution in [0.4, 0.5) is 0 Å². The van der Waals surface area contributed by atoms with Crippen LogP contribution in [0.15, 0.2) is 18.2 Å². The van der Waals surface area contributed by atoms with Gasteiger partial charge in [0.2, 0.25) is 0 Å². The summed E-state index contributed by atoms with van der Waals surface area (Å²) in [6.45, 7) is 3.89. The zero-order valence-corrected chi connectivity index (χ0v) is 11.1. The predicted molar refractivity (Wildman–Crippen MR) is 71.6 cm³/mol. The molecule has 98 valence electrons. The molecule has 0 aromatic heterocycles. The number of carbonyl (C=O) groups excluding carboxylic acids is 1. The summed E-state index contributed by atoms with van der Waals surface area (Å²) >= 11 is 0. The molecule has 2 N–H and O–H groups in total. The zero-order valence-electron chi connectivity index (χ0n) is 11.1. The second-order valence-electron chi connectivity index (χ2n) is 5.20. The zero-order chi connectivity index (χ0) is 13.1. The Bertz CT molecular complexity index is 422. The number of hydrogen-bond acceptors (Lipinski definition) is 2. The molecule has 1 amide bonds. The number of aryl methyl sites for hydroxylation is 2. The molecule has 2 atom stereocenters. The van der Waals surface area contributed by atoms with Crippen LogP contribution in [-0.2, 0) is 0 Å². The molecule has 1 fully saturated rings. The van der Waals surface area contributed by atoms with Crippen LogP contribution in [0.25, 0.3) is 0 Å². The lowest BCUT2D eigenvalue weighted by molar-refractivity contribution is 0.0716. The van der Waals surface area contributed by atoms with Gasteiger partial charge in [-0.1, -0.05) is 31.0 Å². The Labute approximate surface area is 108 Å². The maximum absolute atomic E-state index is 12.3. The molecule has 0 radical (unpaired) electrons. The van der Waals surface area contributed by atoms with Crippen molar-refractivity contribution in [2.24, 2.45) is 0 Å². The number of nitrogens with one attached hydrogen (secondary N) is 1. The summed E-state index contributed by atoms with van der Waals surface area (Å²) < 4.78 is 0. The van der Waals surface area contributed by atoms with Crippen LogP contribution in [0.3, 0.4) is 0 Å². The molecule has 0 heterocycles. The fourth-order valence-corrected chi connectivity index (χ4v) is 2.69. The summed E-state index contributed by atoms with van der Waals surface area (Å²) in [6.07, 6.45) is 3.40. The van der Waals surface area contributed by atoms with Crippen LogP contribution in [0.2, 0.25) is 0 Å². The minimum Gasteiger partial charge on any atom is -0.391 e. The minimum absolute atomic E-state index is 0.0588. The average molecular weight is 247 g/mol. The van der Waals surface area contributed by atoms with Crippen LogP contribution in [0.1, 0.15) is 47.2 Å². The number of aliphatic hydroxyl groups is 1. The van der Waals surface area contributed by atoms with Gasteiger partial charge in [0.05, 0.1) is 12.1 Å². The molecule has 3 heteroatoms. The van der Waals surface area contributed by atoms with E-state index in [1.165, 1.54) is 0 Å². The van der Waals surface area contributed by atoms with Crippen molar-refractivity contribution >= 4 is 5.91 Å². The molecule has 0 bridgehead atoms. The van der Waals surface area contributed by atoms with Crippen molar-refractivity contribution in [3.05, 3.63) is 34.9 Å². The Morgan fingerprint density at radius 1 is 1.22 bits per heavy atom. The Hall–Kier alpha value is -1.35. The first-order chi connectivity index (χ1) is 8.59. The standard InChI is InChI=1S/C15H21NO2/c1-10-6-5-7-11(2)14(10)15(18)16-12-8-3-4-9-13(12)17/h5-7,12-13,17H,3-4,8-9H2,1-2H3,(H,16,18). The highest BCUT2D eigenvalue weighted by molar-refractivity contribution is 5.97. The van der Waals surface area contributed by atoms with Crippen molar-refractivity contribution in [2.45, 2.75) is 51.7 Å². The lowest BCUT2D eigenvalue weighted by atomic mass is 9.92. The number of hydrogen-bond donors (Lipinski definition) is 2. The highest BCUT2D eigenvalue weighted by Crippen LogP contribution is 2.20. The van der Waals surface area contributed by atoms with E-state index in [4.69, 9.17) is 0 Å². The molecule has 1 aromatic rings. The Balaban J connectivity index is 2.12. The molecular weight excluding hydrogens is 226 g/mol. The summed E-state index contributed by atoms with van der Waals surface area (Å²) in [5, 5.41) is 12.9. The SMILES string of the molecule is Cc1cccc(C)c1C(=O)NC1CCCCC1O. The highest BCUT2D eigenvalue weighted by Gasteiger charge is 2.25. The first-order valence-corrected chi connectivity index (χ1v) is 6.64. The van der Waals surface area contributed by atoms with Crippen LogP contribution in [0.5, 0.6) is 0 Å². The highest BCUT2D eigenvalue weighted by atomic mass is 16.3. The number of benzene rings is 1. The second-order valence-corrected chi connectivity index (χ2v) is 5.20. The fraction of sp³-hybridized carbons (Fsp3) is 0.533. The van der Waals surface area contributed by atoms with Crippen LogP contribution < -0.4 is 5.32 Å². The van der Waals surface area contributed by atoms with E-state index in [-0.39, 0.29) is 11.9 Å². The molecule has 0 spiro atoms. The van der Waals surface area contributed by atoms with Gasteiger partial charge >= 0.3 is 0 Å². The van der Waals surface area contributed by atoms with Gasteiger partial charge < -0.3 is 10.4 Å². The summed E-state index contributed by atoms with van der Waals surface area (Å²) in [6, 6.07) is 5.75. The van der Waals surface area contributed by atoms with Gasteiger partial charge in [0.1, 0.15) is 0 Å². The molecule has 2 rings (SSSR count). The largest absolute Gasteiger partial charge is 0.391 e. The van der Waals surface area contributed by atoms with Gasteiger partial charge in [0, 0.05) is 5.56 Å². The fourth-order valence-electron chi connectivity index (χ4n) is 2.69. The van der Waals surface area contributed by atoms with Gasteiger partial charge in [0.15, 0.2) is 0 Å². The number of carbonyl (C=O) groups is 1. The first kappa shape index (κ1) is 13.1. The Kier molecular flexibility index (Phi) is 4.02. The molecule has 0 aliphatic heterocycles. The van der Waals surface area contributed by atoms with E-state index in [0.29, 0.717) is 0 Å². The third-order valence-corrected chi connectivity index (χ3v) is 3.75. The molecule has 18 heavy (non-hydrogen) atoms. The third-order valence-electron chi connectivity index (χ3n) is 3.75. The van der Waals surface area contributed by atoms with E-state index < -0.39 is 6.10 Å². The molecule has 3 nitrogen and oxygen atoms in total. The molecule has 1 aliphatic carbocycles. The molecule has 0 saturated heterocycles. The molecule has 2 unspecified atom stereocenters. The van der Waals surface area contributed by atoms with E-state index in [2.05, 4.69) is 5.32 Å². The smallest absolute Gasteiger partial charge is 0.252 e. The summed E-state index contributed by atoms with van der Waals surface area (Å²) in [5.41, 5.74) is 2.71. The number of amides is 1. The number of aliphatic hydroxyl groups excluding tert-OH is 1. The molecule has 1 aliphatic rings. The van der Waals surface area contributed by atoms with Crippen molar-refractivity contribution in [1.29, 1.82) is 0 Å². The third kappa shape index (κ3) is 2.72. The molecule has 1 saturated carbocycles. The van der Waals surface area contributed by atoms with Crippen molar-refractivity contribution in [3.63, 3.8) is 0 Å². The van der Waals surface area contributed by atoms with Crippen LogP contribution in [-0.4, -0.2) is 23.2 Å². The topological polar surface area (TPSA) is 49.3 Å².